The fourth-order valence-electron chi connectivity index (χ4n) is 1.39. The van der Waals surface area contributed by atoms with E-state index in [4.69, 9.17) is 17.3 Å². The van der Waals surface area contributed by atoms with E-state index in [2.05, 4.69) is 10.2 Å². The zero-order valence-electron chi connectivity index (χ0n) is 9.11. The molecule has 0 saturated carbocycles. The largest absolute Gasteiger partial charge is 0.382 e. The molecule has 2 aromatic heterocycles. The molecule has 3 N–H and O–H groups in total. The number of hydrogen-bond donors (Lipinski definition) is 2. The van der Waals surface area contributed by atoms with Gasteiger partial charge in [0.15, 0.2) is 0 Å². The maximum absolute atomic E-state index is 11.9. The van der Waals surface area contributed by atoms with Gasteiger partial charge in [-0.25, -0.2) is 0 Å². The third kappa shape index (κ3) is 2.78. The molecular weight excluding hydrogens is 260 g/mol. The molecular formula is C10H11ClN4OS. The summed E-state index contributed by atoms with van der Waals surface area (Å²) in [6, 6.07) is 5.23. The molecule has 5 nitrogen and oxygen atoms in total. The van der Waals surface area contributed by atoms with Crippen LogP contribution in [0.3, 0.4) is 0 Å². The highest BCUT2D eigenvalue weighted by Gasteiger charge is 2.15. The summed E-state index contributed by atoms with van der Waals surface area (Å²) >= 11 is 7.28. The molecule has 17 heavy (non-hydrogen) atoms. The Kier molecular flexibility index (Phi) is 3.35. The maximum Gasteiger partial charge on any atom is 0.272 e. The average molecular weight is 271 g/mol. The van der Waals surface area contributed by atoms with Gasteiger partial charge in [0.25, 0.3) is 5.91 Å². The van der Waals surface area contributed by atoms with Crippen LogP contribution in [0.4, 0.5) is 5.82 Å². The average Bonchev–Trinajstić information content (AvgIpc) is 2.87. The van der Waals surface area contributed by atoms with Crippen molar-refractivity contribution in [1.29, 1.82) is 0 Å². The summed E-state index contributed by atoms with van der Waals surface area (Å²) in [5.41, 5.74) is 5.83. The first kappa shape index (κ1) is 11.9. The van der Waals surface area contributed by atoms with Crippen molar-refractivity contribution in [1.82, 2.24) is 15.1 Å². The molecule has 0 radical (unpaired) electrons. The third-order valence-corrected chi connectivity index (χ3v) is 3.41. The van der Waals surface area contributed by atoms with Gasteiger partial charge in [-0.3, -0.25) is 9.89 Å². The van der Waals surface area contributed by atoms with Gasteiger partial charge >= 0.3 is 0 Å². The number of hydrogen-bond acceptors (Lipinski definition) is 4. The van der Waals surface area contributed by atoms with Gasteiger partial charge in [0, 0.05) is 18.0 Å². The zero-order chi connectivity index (χ0) is 12.4. The number of carbonyl (C=O) groups excluding carboxylic acids is 1. The molecule has 0 aromatic carbocycles. The van der Waals surface area contributed by atoms with Gasteiger partial charge in [0.1, 0.15) is 11.5 Å². The predicted molar refractivity (Wildman–Crippen MR) is 68.1 cm³/mol. The van der Waals surface area contributed by atoms with Crippen molar-refractivity contribution < 1.29 is 4.79 Å². The lowest BCUT2D eigenvalue weighted by molar-refractivity contribution is 0.0780. The van der Waals surface area contributed by atoms with Crippen molar-refractivity contribution in [3.8, 4) is 0 Å². The van der Waals surface area contributed by atoms with E-state index in [1.54, 1.807) is 11.9 Å². The summed E-state index contributed by atoms with van der Waals surface area (Å²) in [5, 5.41) is 6.31. The first-order chi connectivity index (χ1) is 8.06. The van der Waals surface area contributed by atoms with Crippen molar-refractivity contribution in [3.63, 3.8) is 0 Å². The minimum absolute atomic E-state index is 0.154. The lowest BCUT2D eigenvalue weighted by atomic mass is 10.3. The molecule has 0 unspecified atom stereocenters. The van der Waals surface area contributed by atoms with Crippen LogP contribution < -0.4 is 5.73 Å². The van der Waals surface area contributed by atoms with Crippen LogP contribution in [0.2, 0.25) is 4.34 Å². The quantitative estimate of drug-likeness (QED) is 0.895. The summed E-state index contributed by atoms with van der Waals surface area (Å²) in [6.45, 7) is 0.509. The number of nitrogens with zero attached hydrogens (tertiary/aromatic N) is 2. The Labute approximate surface area is 107 Å². The third-order valence-electron chi connectivity index (χ3n) is 2.20. The standard InChI is InChI=1S/C10H11ClN4OS/c1-15(5-6-2-3-8(11)17-6)10(16)7-4-9(12)14-13-7/h2-4H,5H2,1H3,(H3,12,13,14). The molecule has 0 bridgehead atoms. The second-order valence-electron chi connectivity index (χ2n) is 3.57. The van der Waals surface area contributed by atoms with Crippen LogP contribution in [-0.4, -0.2) is 28.1 Å². The Morgan fingerprint density at radius 1 is 1.65 bits per heavy atom. The second kappa shape index (κ2) is 4.77. The Hall–Kier alpha value is -1.53. The van der Waals surface area contributed by atoms with Gasteiger partial charge in [-0.1, -0.05) is 11.6 Å². The van der Waals surface area contributed by atoms with Crippen LogP contribution in [0.25, 0.3) is 0 Å². The van der Waals surface area contributed by atoms with Crippen molar-refractivity contribution >= 4 is 34.7 Å². The molecule has 2 heterocycles. The van der Waals surface area contributed by atoms with Gasteiger partial charge in [-0.2, -0.15) is 5.10 Å². The van der Waals surface area contributed by atoms with E-state index >= 15 is 0 Å². The van der Waals surface area contributed by atoms with E-state index in [9.17, 15) is 4.79 Å². The number of nitrogen functional groups attached to an aromatic ring is 1. The molecule has 7 heteroatoms. The molecule has 2 aromatic rings. The summed E-state index contributed by atoms with van der Waals surface area (Å²) in [5.74, 6) is 0.152. The smallest absolute Gasteiger partial charge is 0.272 e. The minimum Gasteiger partial charge on any atom is -0.382 e. The van der Waals surface area contributed by atoms with Gasteiger partial charge in [0.2, 0.25) is 0 Å². The number of rotatable bonds is 3. The Bertz CT molecular complexity index is 536. The van der Waals surface area contributed by atoms with Gasteiger partial charge < -0.3 is 10.6 Å². The lowest BCUT2D eigenvalue weighted by Crippen LogP contribution is -2.26. The van der Waals surface area contributed by atoms with Crippen molar-refractivity contribution in [2.75, 3.05) is 12.8 Å². The fourth-order valence-corrected chi connectivity index (χ4v) is 2.54. The molecule has 0 spiro atoms. The Balaban J connectivity index is 2.05. The molecule has 0 atom stereocenters. The highest BCUT2D eigenvalue weighted by Crippen LogP contribution is 2.22. The number of nitrogens with two attached hydrogens (primary N) is 1. The molecule has 0 aliphatic heterocycles. The minimum atomic E-state index is -0.154. The summed E-state index contributed by atoms with van der Waals surface area (Å²) in [4.78, 5) is 14.5. The second-order valence-corrected chi connectivity index (χ2v) is 5.37. The van der Waals surface area contributed by atoms with Crippen LogP contribution in [-0.2, 0) is 6.54 Å². The normalized spacial score (nSPS) is 10.5. The summed E-state index contributed by atoms with van der Waals surface area (Å²) in [7, 11) is 1.72. The number of H-pyrrole nitrogens is 1. The maximum atomic E-state index is 11.9. The lowest BCUT2D eigenvalue weighted by Gasteiger charge is -2.14. The van der Waals surface area contributed by atoms with Crippen LogP contribution in [0.15, 0.2) is 18.2 Å². The van der Waals surface area contributed by atoms with E-state index in [1.807, 2.05) is 12.1 Å². The van der Waals surface area contributed by atoms with Crippen molar-refractivity contribution in [2.45, 2.75) is 6.54 Å². The zero-order valence-corrected chi connectivity index (χ0v) is 10.7. The number of thiophene rings is 1. The molecule has 1 amide bonds. The van der Waals surface area contributed by atoms with E-state index < -0.39 is 0 Å². The Morgan fingerprint density at radius 3 is 2.94 bits per heavy atom. The highest BCUT2D eigenvalue weighted by atomic mass is 35.5. The first-order valence-electron chi connectivity index (χ1n) is 4.87. The number of nitrogens with one attached hydrogen (secondary N) is 1. The summed E-state index contributed by atoms with van der Waals surface area (Å²) < 4.78 is 0.714. The van der Waals surface area contributed by atoms with Gasteiger partial charge in [-0.05, 0) is 12.1 Å². The van der Waals surface area contributed by atoms with Crippen LogP contribution >= 0.6 is 22.9 Å². The van der Waals surface area contributed by atoms with Gasteiger partial charge in [-0.15, -0.1) is 11.3 Å². The first-order valence-corrected chi connectivity index (χ1v) is 6.06. The monoisotopic (exact) mass is 270 g/mol. The molecule has 90 valence electrons. The molecule has 0 aliphatic rings. The SMILES string of the molecule is CN(Cc1ccc(Cl)s1)C(=O)c1cc(N)n[nH]1. The number of anilines is 1. The summed E-state index contributed by atoms with van der Waals surface area (Å²) in [6.07, 6.45) is 0. The van der Waals surface area contributed by atoms with Crippen LogP contribution in [0, 0.1) is 0 Å². The Morgan fingerprint density at radius 2 is 2.41 bits per heavy atom. The predicted octanol–water partition coefficient (Wildman–Crippen LogP) is 1.98. The van der Waals surface area contributed by atoms with E-state index in [0.29, 0.717) is 22.4 Å². The van der Waals surface area contributed by atoms with E-state index in [0.717, 1.165) is 4.88 Å². The van der Waals surface area contributed by atoms with Crippen molar-refractivity contribution in [3.05, 3.63) is 33.1 Å². The topological polar surface area (TPSA) is 75.0 Å². The number of aromatic amines is 1. The highest BCUT2D eigenvalue weighted by molar-refractivity contribution is 7.16. The van der Waals surface area contributed by atoms with Gasteiger partial charge in [0.05, 0.1) is 10.9 Å². The molecule has 2 rings (SSSR count). The number of halogens is 1. The van der Waals surface area contributed by atoms with Crippen molar-refractivity contribution in [2.24, 2.45) is 0 Å². The molecule has 0 aliphatic carbocycles. The number of carbonyl (C=O) groups is 1. The van der Waals surface area contributed by atoms with Crippen LogP contribution in [0.1, 0.15) is 15.4 Å². The van der Waals surface area contributed by atoms with Crippen LogP contribution in [0.5, 0.6) is 0 Å². The van der Waals surface area contributed by atoms with E-state index in [1.165, 1.54) is 17.4 Å². The van der Waals surface area contributed by atoms with E-state index in [-0.39, 0.29) is 5.91 Å². The number of aromatic nitrogens is 2. The molecule has 0 fully saturated rings. The number of amides is 1. The molecule has 0 saturated heterocycles. The fraction of sp³-hybridized carbons (Fsp3) is 0.200.